The molecule has 0 spiro atoms. The molecular formula is C17H19IN2O3. The molecule has 1 N–H and O–H groups in total. The van der Waals surface area contributed by atoms with Gasteiger partial charge in [0.2, 0.25) is 0 Å². The number of furan rings is 1. The summed E-state index contributed by atoms with van der Waals surface area (Å²) in [7, 11) is 0. The molecule has 122 valence electrons. The van der Waals surface area contributed by atoms with Crippen LogP contribution in [0.5, 0.6) is 5.75 Å². The summed E-state index contributed by atoms with van der Waals surface area (Å²) in [4.78, 5) is 11.7. The predicted molar refractivity (Wildman–Crippen MR) is 97.8 cm³/mol. The van der Waals surface area contributed by atoms with Crippen molar-refractivity contribution in [2.45, 2.75) is 26.2 Å². The lowest BCUT2D eigenvalue weighted by Gasteiger charge is -2.19. The second kappa shape index (κ2) is 7.63. The lowest BCUT2D eigenvalue weighted by Crippen LogP contribution is -2.24. The van der Waals surface area contributed by atoms with Gasteiger partial charge in [-0.2, -0.15) is 5.10 Å². The van der Waals surface area contributed by atoms with Gasteiger partial charge in [-0.3, -0.25) is 4.79 Å². The zero-order valence-electron chi connectivity index (χ0n) is 13.3. The van der Waals surface area contributed by atoms with Crippen LogP contribution >= 0.6 is 22.6 Å². The highest BCUT2D eigenvalue weighted by atomic mass is 127. The summed E-state index contributed by atoms with van der Waals surface area (Å²) >= 11 is 2.06. The maximum Gasteiger partial charge on any atom is 0.277 e. The van der Waals surface area contributed by atoms with Crippen molar-refractivity contribution in [3.63, 3.8) is 0 Å². The normalized spacial score (nSPS) is 11.7. The largest absolute Gasteiger partial charge is 0.484 e. The van der Waals surface area contributed by atoms with Crippen molar-refractivity contribution in [1.82, 2.24) is 5.43 Å². The fourth-order valence-electron chi connectivity index (χ4n) is 1.80. The Morgan fingerprint density at radius 3 is 2.52 bits per heavy atom. The molecule has 2 rings (SSSR count). The smallest absolute Gasteiger partial charge is 0.277 e. The summed E-state index contributed by atoms with van der Waals surface area (Å²) in [6.45, 7) is 6.35. The van der Waals surface area contributed by atoms with E-state index in [0.29, 0.717) is 11.5 Å². The molecule has 1 aromatic carbocycles. The van der Waals surface area contributed by atoms with Gasteiger partial charge in [-0.05, 0) is 57.8 Å². The Morgan fingerprint density at radius 2 is 1.96 bits per heavy atom. The maximum atomic E-state index is 11.7. The standard InChI is InChI=1S/C17H19IN2O3/c1-17(2,3)12-4-6-13(7-5-12)22-11-16(21)20-19-10-14-8-9-15(18)23-14/h4-10H,11H2,1-3H3,(H,20,21). The van der Waals surface area contributed by atoms with E-state index in [2.05, 4.69) is 53.9 Å². The van der Waals surface area contributed by atoms with E-state index in [-0.39, 0.29) is 17.9 Å². The summed E-state index contributed by atoms with van der Waals surface area (Å²) in [5.74, 6) is 0.897. The molecule has 0 aliphatic carbocycles. The molecule has 0 fully saturated rings. The predicted octanol–water partition coefficient (Wildman–Crippen LogP) is 3.71. The van der Waals surface area contributed by atoms with Crippen molar-refractivity contribution in [2.75, 3.05) is 6.61 Å². The lowest BCUT2D eigenvalue weighted by molar-refractivity contribution is -0.123. The Morgan fingerprint density at radius 1 is 1.26 bits per heavy atom. The molecule has 5 nitrogen and oxygen atoms in total. The molecule has 0 aliphatic rings. The van der Waals surface area contributed by atoms with Gasteiger partial charge in [0.1, 0.15) is 11.5 Å². The maximum absolute atomic E-state index is 11.7. The van der Waals surface area contributed by atoms with Crippen molar-refractivity contribution in [3.8, 4) is 5.75 Å². The number of ether oxygens (including phenoxy) is 1. The Kier molecular flexibility index (Phi) is 5.81. The van der Waals surface area contributed by atoms with E-state index in [1.165, 1.54) is 11.8 Å². The van der Waals surface area contributed by atoms with Crippen LogP contribution in [-0.4, -0.2) is 18.7 Å². The first-order valence-corrected chi connectivity index (χ1v) is 8.23. The Labute approximate surface area is 149 Å². The third kappa shape index (κ3) is 5.70. The summed E-state index contributed by atoms with van der Waals surface area (Å²) in [6.07, 6.45) is 1.44. The monoisotopic (exact) mass is 426 g/mol. The van der Waals surface area contributed by atoms with Crippen LogP contribution in [0.4, 0.5) is 0 Å². The molecule has 0 unspecified atom stereocenters. The summed E-state index contributed by atoms with van der Waals surface area (Å²) in [5, 5.41) is 3.81. The highest BCUT2D eigenvalue weighted by Crippen LogP contribution is 2.24. The number of halogens is 1. The fourth-order valence-corrected chi connectivity index (χ4v) is 2.23. The lowest BCUT2D eigenvalue weighted by atomic mass is 9.87. The Hall–Kier alpha value is -1.83. The van der Waals surface area contributed by atoms with Crippen LogP contribution in [0.2, 0.25) is 0 Å². The minimum atomic E-state index is -0.331. The second-order valence-corrected chi connectivity index (χ2v) is 7.06. The molecule has 0 aliphatic heterocycles. The van der Waals surface area contributed by atoms with Crippen molar-refractivity contribution in [2.24, 2.45) is 5.10 Å². The molecule has 2 aromatic rings. The minimum absolute atomic E-state index is 0.0916. The number of nitrogens with zero attached hydrogens (tertiary/aromatic N) is 1. The quantitative estimate of drug-likeness (QED) is 0.451. The number of rotatable bonds is 5. The van der Waals surface area contributed by atoms with Gasteiger partial charge < -0.3 is 9.15 Å². The first kappa shape index (κ1) is 17.5. The zero-order chi connectivity index (χ0) is 16.9. The molecule has 1 amide bonds. The van der Waals surface area contributed by atoms with Gasteiger partial charge in [-0.1, -0.05) is 32.9 Å². The van der Waals surface area contributed by atoms with E-state index < -0.39 is 0 Å². The van der Waals surface area contributed by atoms with Gasteiger partial charge in [0.05, 0.1) is 6.21 Å². The third-order valence-corrected chi connectivity index (χ3v) is 3.65. The van der Waals surface area contributed by atoms with Crippen molar-refractivity contribution < 1.29 is 13.9 Å². The molecule has 0 saturated carbocycles. The van der Waals surface area contributed by atoms with Crippen LogP contribution in [-0.2, 0) is 10.2 Å². The highest BCUT2D eigenvalue weighted by Gasteiger charge is 2.13. The number of hydrogen-bond donors (Lipinski definition) is 1. The minimum Gasteiger partial charge on any atom is -0.484 e. The molecular weight excluding hydrogens is 407 g/mol. The number of hydrazone groups is 1. The van der Waals surface area contributed by atoms with Crippen LogP contribution in [0, 0.1) is 3.77 Å². The van der Waals surface area contributed by atoms with Crippen molar-refractivity contribution >= 4 is 34.7 Å². The van der Waals surface area contributed by atoms with Crippen LogP contribution < -0.4 is 10.2 Å². The zero-order valence-corrected chi connectivity index (χ0v) is 15.5. The van der Waals surface area contributed by atoms with Gasteiger partial charge >= 0.3 is 0 Å². The second-order valence-electron chi connectivity index (χ2n) is 6.00. The molecule has 0 saturated heterocycles. The SMILES string of the molecule is CC(C)(C)c1ccc(OCC(=O)NN=Cc2ccc(I)o2)cc1. The Balaban J connectivity index is 1.79. The van der Waals surface area contributed by atoms with Crippen molar-refractivity contribution in [3.05, 3.63) is 51.5 Å². The highest BCUT2D eigenvalue weighted by molar-refractivity contribution is 14.1. The first-order valence-electron chi connectivity index (χ1n) is 7.15. The molecule has 23 heavy (non-hydrogen) atoms. The van der Waals surface area contributed by atoms with Gasteiger partial charge in [0.15, 0.2) is 10.4 Å². The molecule has 0 atom stereocenters. The van der Waals surface area contributed by atoms with E-state index >= 15 is 0 Å². The van der Waals surface area contributed by atoms with Crippen LogP contribution in [0.1, 0.15) is 32.1 Å². The van der Waals surface area contributed by atoms with E-state index in [4.69, 9.17) is 9.15 Å². The van der Waals surface area contributed by atoms with Gasteiger partial charge in [0.25, 0.3) is 5.91 Å². The fraction of sp³-hybridized carbons (Fsp3) is 0.294. The van der Waals surface area contributed by atoms with E-state index in [0.717, 1.165) is 3.77 Å². The van der Waals surface area contributed by atoms with E-state index in [9.17, 15) is 4.79 Å². The summed E-state index contributed by atoms with van der Waals surface area (Å²) in [6, 6.07) is 11.3. The first-order chi connectivity index (χ1) is 10.8. The average Bonchev–Trinajstić information content (AvgIpc) is 2.90. The van der Waals surface area contributed by atoms with Crippen LogP contribution in [0.3, 0.4) is 0 Å². The number of hydrogen-bond acceptors (Lipinski definition) is 4. The van der Waals surface area contributed by atoms with E-state index in [1.54, 1.807) is 6.07 Å². The number of carbonyl (C=O) groups excluding carboxylic acids is 1. The molecule has 1 aromatic heterocycles. The number of nitrogens with one attached hydrogen (secondary N) is 1. The number of carbonyl (C=O) groups is 1. The topological polar surface area (TPSA) is 63.8 Å². The number of amides is 1. The molecule has 0 bridgehead atoms. The van der Waals surface area contributed by atoms with E-state index in [1.807, 2.05) is 30.3 Å². The van der Waals surface area contributed by atoms with Crippen molar-refractivity contribution in [1.29, 1.82) is 0 Å². The summed E-state index contributed by atoms with van der Waals surface area (Å²) < 4.78 is 11.5. The number of benzene rings is 1. The van der Waals surface area contributed by atoms with Gasteiger partial charge in [-0.15, -0.1) is 0 Å². The molecule has 1 heterocycles. The van der Waals surface area contributed by atoms with Gasteiger partial charge in [-0.25, -0.2) is 5.43 Å². The third-order valence-electron chi connectivity index (χ3n) is 3.07. The summed E-state index contributed by atoms with van der Waals surface area (Å²) in [5.41, 5.74) is 3.70. The Bertz CT molecular complexity index is 685. The van der Waals surface area contributed by atoms with Crippen LogP contribution in [0.25, 0.3) is 0 Å². The average molecular weight is 426 g/mol. The molecule has 6 heteroatoms. The molecule has 0 radical (unpaired) electrons. The van der Waals surface area contributed by atoms with Gasteiger partial charge in [0, 0.05) is 0 Å². The van der Waals surface area contributed by atoms with Crippen LogP contribution in [0.15, 0.2) is 45.9 Å².